The first-order valence-electron chi connectivity index (χ1n) is 22.6. The standard InChI is InChI=1S/C48H85NO5/c1-4-7-10-13-16-19-21-22-23-24-26-29-32-35-38-41-48(53)54-44(39-36-33-30-28-25-20-17-14-11-8-5-2)42-47(52)49-45(43-50)46(51)40-37-34-31-27-18-15-12-9-6-3/h8,11,14,17,19-21,25,28,30,44-46,50-51H,4-7,9-10,12-13,15-16,18,22-24,26-27,29,31-43H2,1-3H3,(H,49,52)/b11-8+,17-14+,21-19-,25-20-,30-28-. The molecule has 0 aromatic rings. The molecule has 0 aliphatic carbocycles. The second-order valence-electron chi connectivity index (χ2n) is 15.2. The van der Waals surface area contributed by atoms with Crippen LogP contribution in [-0.2, 0) is 14.3 Å². The van der Waals surface area contributed by atoms with Crippen molar-refractivity contribution in [2.75, 3.05) is 6.61 Å². The van der Waals surface area contributed by atoms with Crippen molar-refractivity contribution in [3.63, 3.8) is 0 Å². The Kier molecular flexibility index (Phi) is 39.8. The largest absolute Gasteiger partial charge is 0.462 e. The lowest BCUT2D eigenvalue weighted by Gasteiger charge is -2.24. The summed E-state index contributed by atoms with van der Waals surface area (Å²) in [6, 6.07) is -0.721. The molecule has 3 atom stereocenters. The Morgan fingerprint density at radius 2 is 1.04 bits per heavy atom. The molecule has 3 unspecified atom stereocenters. The second kappa shape index (κ2) is 41.7. The molecule has 0 saturated heterocycles. The molecule has 3 N–H and O–H groups in total. The van der Waals surface area contributed by atoms with E-state index in [9.17, 15) is 19.8 Å². The van der Waals surface area contributed by atoms with Gasteiger partial charge >= 0.3 is 5.97 Å². The molecular formula is C48H85NO5. The van der Waals surface area contributed by atoms with E-state index in [0.29, 0.717) is 19.3 Å². The van der Waals surface area contributed by atoms with E-state index in [1.165, 1.54) is 103 Å². The third-order valence-electron chi connectivity index (χ3n) is 9.93. The zero-order valence-electron chi connectivity index (χ0n) is 35.3. The molecular weight excluding hydrogens is 671 g/mol. The Bertz CT molecular complexity index is 984. The summed E-state index contributed by atoms with van der Waals surface area (Å²) >= 11 is 0. The van der Waals surface area contributed by atoms with Crippen LogP contribution in [0.25, 0.3) is 0 Å². The molecule has 0 rings (SSSR count). The molecule has 6 heteroatoms. The Morgan fingerprint density at radius 3 is 1.61 bits per heavy atom. The number of hydrogen-bond donors (Lipinski definition) is 3. The number of unbranched alkanes of at least 4 members (excludes halogenated alkanes) is 20. The van der Waals surface area contributed by atoms with Crippen LogP contribution in [0, 0.1) is 0 Å². The summed E-state index contributed by atoms with van der Waals surface area (Å²) in [4.78, 5) is 25.9. The average Bonchev–Trinajstić information content (AvgIpc) is 3.16. The summed E-state index contributed by atoms with van der Waals surface area (Å²) in [6.45, 7) is 6.27. The summed E-state index contributed by atoms with van der Waals surface area (Å²) in [5, 5.41) is 23.5. The number of aliphatic hydroxyl groups is 2. The SMILES string of the molecule is CC/C=C/C=C/C=C\C=C/CCCC(CC(=O)NC(CO)C(O)CCCCCCCCCCC)OC(=O)CCCCCCCCC/C=C\CCCCCC. The molecule has 0 bridgehead atoms. The molecule has 312 valence electrons. The smallest absolute Gasteiger partial charge is 0.306 e. The van der Waals surface area contributed by atoms with Crippen LogP contribution in [0.2, 0.25) is 0 Å². The highest BCUT2D eigenvalue weighted by molar-refractivity contribution is 5.77. The fourth-order valence-electron chi connectivity index (χ4n) is 6.50. The summed E-state index contributed by atoms with van der Waals surface area (Å²) in [6.07, 6.45) is 50.0. The van der Waals surface area contributed by atoms with Crippen molar-refractivity contribution < 1.29 is 24.5 Å². The zero-order valence-corrected chi connectivity index (χ0v) is 35.3. The van der Waals surface area contributed by atoms with Gasteiger partial charge in [0.15, 0.2) is 0 Å². The summed E-state index contributed by atoms with van der Waals surface area (Å²) < 4.78 is 5.86. The third kappa shape index (κ3) is 36.5. The lowest BCUT2D eigenvalue weighted by atomic mass is 10.0. The van der Waals surface area contributed by atoms with Crippen LogP contribution in [-0.4, -0.2) is 46.9 Å². The van der Waals surface area contributed by atoms with Gasteiger partial charge in [0.05, 0.1) is 25.2 Å². The quantitative estimate of drug-likeness (QED) is 0.0251. The van der Waals surface area contributed by atoms with E-state index in [1.54, 1.807) is 0 Å². The number of amides is 1. The first kappa shape index (κ1) is 51.6. The minimum absolute atomic E-state index is 0.0285. The third-order valence-corrected chi connectivity index (χ3v) is 9.93. The van der Waals surface area contributed by atoms with E-state index < -0.39 is 18.2 Å². The fourth-order valence-corrected chi connectivity index (χ4v) is 6.50. The molecule has 0 aliphatic rings. The van der Waals surface area contributed by atoms with Crippen LogP contribution >= 0.6 is 0 Å². The normalized spacial score (nSPS) is 13.9. The van der Waals surface area contributed by atoms with E-state index in [4.69, 9.17) is 4.74 Å². The van der Waals surface area contributed by atoms with Crippen molar-refractivity contribution in [3.05, 3.63) is 60.8 Å². The van der Waals surface area contributed by atoms with Gasteiger partial charge in [0.25, 0.3) is 0 Å². The summed E-state index contributed by atoms with van der Waals surface area (Å²) in [5.41, 5.74) is 0. The van der Waals surface area contributed by atoms with Gasteiger partial charge in [-0.25, -0.2) is 0 Å². The number of carbonyl (C=O) groups excluding carboxylic acids is 2. The second-order valence-corrected chi connectivity index (χ2v) is 15.2. The Hall–Kier alpha value is -2.44. The van der Waals surface area contributed by atoms with Gasteiger partial charge in [-0.2, -0.15) is 0 Å². The predicted molar refractivity (Wildman–Crippen MR) is 232 cm³/mol. The number of carbonyl (C=O) groups is 2. The number of esters is 1. The molecule has 0 aromatic carbocycles. The van der Waals surface area contributed by atoms with Crippen LogP contribution in [0.4, 0.5) is 0 Å². The first-order valence-corrected chi connectivity index (χ1v) is 22.6. The maximum absolute atomic E-state index is 13.1. The van der Waals surface area contributed by atoms with E-state index in [1.807, 2.05) is 36.5 Å². The average molecular weight is 756 g/mol. The topological polar surface area (TPSA) is 95.9 Å². The van der Waals surface area contributed by atoms with Crippen LogP contribution in [0.3, 0.4) is 0 Å². The fraction of sp³-hybridized carbons (Fsp3) is 0.750. The number of rotatable bonds is 39. The van der Waals surface area contributed by atoms with Gasteiger partial charge in [-0.15, -0.1) is 0 Å². The number of aliphatic hydroxyl groups excluding tert-OH is 2. The van der Waals surface area contributed by atoms with E-state index in [2.05, 4.69) is 50.4 Å². The minimum Gasteiger partial charge on any atom is -0.462 e. The van der Waals surface area contributed by atoms with Crippen LogP contribution in [0.15, 0.2) is 60.8 Å². The predicted octanol–water partition coefficient (Wildman–Crippen LogP) is 12.9. The maximum atomic E-state index is 13.1. The van der Waals surface area contributed by atoms with Crippen LogP contribution in [0.5, 0.6) is 0 Å². The number of nitrogens with one attached hydrogen (secondary N) is 1. The summed E-state index contributed by atoms with van der Waals surface area (Å²) in [7, 11) is 0. The van der Waals surface area contributed by atoms with Gasteiger partial charge in [-0.1, -0.05) is 191 Å². The Labute approximate surface area is 333 Å². The van der Waals surface area contributed by atoms with Gasteiger partial charge in [-0.05, 0) is 64.2 Å². The van der Waals surface area contributed by atoms with Crippen molar-refractivity contribution in [1.82, 2.24) is 5.32 Å². The van der Waals surface area contributed by atoms with E-state index in [0.717, 1.165) is 57.8 Å². The molecule has 0 aromatic heterocycles. The highest BCUT2D eigenvalue weighted by Crippen LogP contribution is 2.16. The van der Waals surface area contributed by atoms with Crippen molar-refractivity contribution in [2.24, 2.45) is 0 Å². The molecule has 0 radical (unpaired) electrons. The van der Waals surface area contributed by atoms with Gasteiger partial charge in [-0.3, -0.25) is 9.59 Å². The van der Waals surface area contributed by atoms with E-state index >= 15 is 0 Å². The molecule has 0 saturated carbocycles. The van der Waals surface area contributed by atoms with Crippen molar-refractivity contribution in [1.29, 1.82) is 0 Å². The molecule has 1 amide bonds. The lowest BCUT2D eigenvalue weighted by molar-refractivity contribution is -0.151. The summed E-state index contributed by atoms with van der Waals surface area (Å²) in [5.74, 6) is -0.552. The molecule has 0 aliphatic heterocycles. The number of allylic oxidation sites excluding steroid dienone is 10. The number of ether oxygens (including phenoxy) is 1. The van der Waals surface area contributed by atoms with Crippen molar-refractivity contribution in [3.8, 4) is 0 Å². The van der Waals surface area contributed by atoms with Crippen LogP contribution < -0.4 is 5.32 Å². The van der Waals surface area contributed by atoms with Gasteiger partial charge in [0, 0.05) is 6.42 Å². The first-order chi connectivity index (χ1) is 26.5. The highest BCUT2D eigenvalue weighted by Gasteiger charge is 2.24. The molecule has 54 heavy (non-hydrogen) atoms. The van der Waals surface area contributed by atoms with Crippen molar-refractivity contribution >= 4 is 11.9 Å². The zero-order chi connectivity index (χ0) is 39.6. The van der Waals surface area contributed by atoms with E-state index in [-0.39, 0.29) is 24.9 Å². The van der Waals surface area contributed by atoms with Gasteiger partial charge in [0.2, 0.25) is 5.91 Å². The molecule has 0 spiro atoms. The van der Waals surface area contributed by atoms with Crippen LogP contribution in [0.1, 0.15) is 207 Å². The van der Waals surface area contributed by atoms with Crippen molar-refractivity contribution in [2.45, 2.75) is 225 Å². The Morgan fingerprint density at radius 1 is 0.556 bits per heavy atom. The lowest BCUT2D eigenvalue weighted by Crippen LogP contribution is -2.46. The highest BCUT2D eigenvalue weighted by atomic mass is 16.5. The van der Waals surface area contributed by atoms with Gasteiger partial charge in [0.1, 0.15) is 6.10 Å². The van der Waals surface area contributed by atoms with Gasteiger partial charge < -0.3 is 20.3 Å². The molecule has 0 fully saturated rings. The number of hydrogen-bond acceptors (Lipinski definition) is 5. The Balaban J connectivity index is 4.66. The maximum Gasteiger partial charge on any atom is 0.306 e. The molecule has 0 heterocycles. The minimum atomic E-state index is -0.804. The molecule has 6 nitrogen and oxygen atoms in total. The monoisotopic (exact) mass is 756 g/mol.